The SMILES string of the molecule is CC[C@@H](C(=O)Nc1nccc2c(-c3nc(Nc4cccc(S(C)(=O)=O)c4F)ncc3C)c[nH]c12)C([Si])N1CCN(C)CC1. The molecule has 3 N–H and O–H groups in total. The summed E-state index contributed by atoms with van der Waals surface area (Å²) in [5.74, 6) is -0.807. The highest BCUT2D eigenvalue weighted by atomic mass is 32.2. The Morgan fingerprint density at radius 2 is 1.93 bits per heavy atom. The van der Waals surface area contributed by atoms with Gasteiger partial charge in [0.05, 0.1) is 22.8 Å². The summed E-state index contributed by atoms with van der Waals surface area (Å²) in [4.78, 5) is 34.2. The van der Waals surface area contributed by atoms with E-state index in [1.54, 1.807) is 18.6 Å². The van der Waals surface area contributed by atoms with Crippen LogP contribution in [0.1, 0.15) is 18.9 Å². The molecule has 2 atom stereocenters. The van der Waals surface area contributed by atoms with Crippen LogP contribution in [0.5, 0.6) is 0 Å². The van der Waals surface area contributed by atoms with Gasteiger partial charge in [0, 0.05) is 77.9 Å². The van der Waals surface area contributed by atoms with Gasteiger partial charge in [-0.1, -0.05) is 13.0 Å². The van der Waals surface area contributed by atoms with Gasteiger partial charge < -0.3 is 25.4 Å². The predicted molar refractivity (Wildman–Crippen MR) is 166 cm³/mol. The van der Waals surface area contributed by atoms with E-state index in [1.807, 2.05) is 19.9 Å². The second-order valence-corrected chi connectivity index (χ2v) is 13.4. The number of aryl methyl sites for hydroxylation is 1. The van der Waals surface area contributed by atoms with E-state index in [0.29, 0.717) is 23.4 Å². The number of hydrogen-bond acceptors (Lipinski definition) is 9. The lowest BCUT2D eigenvalue weighted by Crippen LogP contribution is -2.53. The van der Waals surface area contributed by atoms with E-state index < -0.39 is 20.5 Å². The number of rotatable bonds is 9. The number of benzene rings is 1. The molecule has 11 nitrogen and oxygen atoms in total. The molecule has 225 valence electrons. The number of nitrogens with one attached hydrogen (secondary N) is 3. The number of carbonyl (C=O) groups excluding carboxylic acids is 1. The van der Waals surface area contributed by atoms with Crippen molar-refractivity contribution in [2.75, 3.05) is 50.1 Å². The van der Waals surface area contributed by atoms with Crippen LogP contribution in [-0.4, -0.2) is 99.5 Å². The Morgan fingerprint density at radius 3 is 2.63 bits per heavy atom. The second-order valence-electron chi connectivity index (χ2n) is 10.8. The van der Waals surface area contributed by atoms with Crippen LogP contribution in [0.2, 0.25) is 0 Å². The maximum atomic E-state index is 15.0. The minimum atomic E-state index is -3.76. The Kier molecular flexibility index (Phi) is 8.92. The average molecular weight is 622 g/mol. The molecule has 1 amide bonds. The number of carbonyl (C=O) groups is 1. The normalized spacial score (nSPS) is 16.2. The van der Waals surface area contributed by atoms with Crippen LogP contribution in [0, 0.1) is 18.7 Å². The number of halogens is 1. The molecule has 0 saturated carbocycles. The number of aromatic nitrogens is 4. The van der Waals surface area contributed by atoms with Crippen molar-refractivity contribution in [1.29, 1.82) is 0 Å². The van der Waals surface area contributed by atoms with Crippen LogP contribution < -0.4 is 10.6 Å². The maximum absolute atomic E-state index is 15.0. The summed E-state index contributed by atoms with van der Waals surface area (Å²) < 4.78 is 38.9. The van der Waals surface area contributed by atoms with E-state index in [4.69, 9.17) is 0 Å². The Labute approximate surface area is 253 Å². The molecular weight excluding hydrogens is 588 g/mol. The van der Waals surface area contributed by atoms with E-state index in [1.165, 1.54) is 18.2 Å². The van der Waals surface area contributed by atoms with Crippen LogP contribution in [-0.2, 0) is 14.6 Å². The van der Waals surface area contributed by atoms with Crippen molar-refractivity contribution < 1.29 is 17.6 Å². The third kappa shape index (κ3) is 6.46. The third-order valence-corrected chi connectivity index (χ3v) is 9.65. The number of fused-ring (bicyclic) bond motifs is 1. The summed E-state index contributed by atoms with van der Waals surface area (Å²) in [6.45, 7) is 7.52. The molecule has 0 bridgehead atoms. The van der Waals surface area contributed by atoms with E-state index in [-0.39, 0.29) is 29.1 Å². The number of H-pyrrole nitrogens is 1. The topological polar surface area (TPSA) is 136 Å². The Balaban J connectivity index is 1.41. The molecule has 1 fully saturated rings. The van der Waals surface area contributed by atoms with E-state index >= 15 is 0 Å². The van der Waals surface area contributed by atoms with Crippen LogP contribution in [0.4, 0.5) is 21.8 Å². The summed E-state index contributed by atoms with van der Waals surface area (Å²) >= 11 is 0. The molecule has 1 aliphatic rings. The molecule has 14 heteroatoms. The number of aromatic amines is 1. The molecule has 3 radical (unpaired) electrons. The van der Waals surface area contributed by atoms with Gasteiger partial charge in [0.15, 0.2) is 21.5 Å². The molecule has 4 heterocycles. The van der Waals surface area contributed by atoms with Crippen LogP contribution >= 0.6 is 0 Å². The van der Waals surface area contributed by atoms with Crippen molar-refractivity contribution in [2.45, 2.75) is 30.8 Å². The second kappa shape index (κ2) is 12.5. The van der Waals surface area contributed by atoms with Gasteiger partial charge in [0.2, 0.25) is 11.9 Å². The van der Waals surface area contributed by atoms with Crippen molar-refractivity contribution in [3.8, 4) is 11.3 Å². The number of pyridine rings is 1. The summed E-state index contributed by atoms with van der Waals surface area (Å²) in [7, 11) is 2.19. The standard InChI is InChI=1S/C29H34FN8O3SSi/c1-5-18(28(43)38-13-11-37(3)12-14-38)27(39)36-26-25-19(9-10-31-26)20(16-32-25)24-17(2)15-33-29(35-24)34-21-7-6-8-22(23(21)30)42(4,40)41/h6-10,15-16,18,28,32H,5,11-14H2,1-4H3,(H,31,36,39)(H,33,34,35)/t18-,28?/m0/s1. The zero-order valence-corrected chi connectivity index (χ0v) is 26.3. The highest BCUT2D eigenvalue weighted by Gasteiger charge is 2.30. The molecule has 3 aromatic heterocycles. The number of hydrogen-bond donors (Lipinski definition) is 3. The van der Waals surface area contributed by atoms with Crippen LogP contribution in [0.25, 0.3) is 22.2 Å². The van der Waals surface area contributed by atoms with Crippen molar-refractivity contribution in [1.82, 2.24) is 29.7 Å². The summed E-state index contributed by atoms with van der Waals surface area (Å²) in [5.41, 5.74) is 2.56. The molecule has 43 heavy (non-hydrogen) atoms. The van der Waals surface area contributed by atoms with Crippen molar-refractivity contribution >= 4 is 54.3 Å². The van der Waals surface area contributed by atoms with Crippen molar-refractivity contribution in [2.24, 2.45) is 5.92 Å². The van der Waals surface area contributed by atoms with Gasteiger partial charge in [0.1, 0.15) is 4.90 Å². The van der Waals surface area contributed by atoms with Gasteiger partial charge in [-0.05, 0) is 44.2 Å². The lowest BCUT2D eigenvalue weighted by molar-refractivity contribution is -0.121. The maximum Gasteiger partial charge on any atom is 0.229 e. The fourth-order valence-electron chi connectivity index (χ4n) is 5.25. The molecule has 1 aliphatic heterocycles. The quantitative estimate of drug-likeness (QED) is 0.241. The molecule has 1 unspecified atom stereocenters. The lowest BCUT2D eigenvalue weighted by Gasteiger charge is -2.39. The van der Waals surface area contributed by atoms with Crippen LogP contribution in [0.15, 0.2) is 47.8 Å². The molecule has 1 saturated heterocycles. The minimum absolute atomic E-state index is 0.0575. The van der Waals surface area contributed by atoms with Crippen molar-refractivity contribution in [3.05, 3.63) is 54.2 Å². The van der Waals surface area contributed by atoms with Gasteiger partial charge in [-0.25, -0.2) is 27.8 Å². The van der Waals surface area contributed by atoms with Gasteiger partial charge in [-0.2, -0.15) is 0 Å². The Morgan fingerprint density at radius 1 is 1.19 bits per heavy atom. The van der Waals surface area contributed by atoms with E-state index in [9.17, 15) is 17.6 Å². The monoisotopic (exact) mass is 621 g/mol. The number of amides is 1. The first-order valence-corrected chi connectivity index (χ1v) is 16.4. The first-order valence-electron chi connectivity index (χ1n) is 14.0. The smallest absolute Gasteiger partial charge is 0.229 e. The summed E-state index contributed by atoms with van der Waals surface area (Å²) in [6, 6.07) is 5.91. The fourth-order valence-corrected chi connectivity index (χ4v) is 6.66. The fraction of sp³-hybridized carbons (Fsp3) is 0.379. The van der Waals surface area contributed by atoms with Gasteiger partial charge in [0.25, 0.3) is 0 Å². The van der Waals surface area contributed by atoms with Crippen molar-refractivity contribution in [3.63, 3.8) is 0 Å². The Hall–Kier alpha value is -3.72. The Bertz CT molecular complexity index is 1760. The number of piperazine rings is 1. The molecular formula is C29H34FN8O3SSi. The predicted octanol–water partition coefficient (Wildman–Crippen LogP) is 3.32. The number of anilines is 3. The molecule has 4 aromatic rings. The number of nitrogens with zero attached hydrogens (tertiary/aromatic N) is 5. The number of sulfone groups is 1. The minimum Gasteiger partial charge on any atom is -0.357 e. The van der Waals surface area contributed by atoms with E-state index in [0.717, 1.165) is 48.9 Å². The summed E-state index contributed by atoms with van der Waals surface area (Å²) in [6.07, 6.45) is 6.62. The van der Waals surface area contributed by atoms with E-state index in [2.05, 4.69) is 57.7 Å². The summed E-state index contributed by atoms with van der Waals surface area (Å²) in [5, 5.41) is 6.62. The lowest BCUT2D eigenvalue weighted by atomic mass is 10.0. The first-order chi connectivity index (χ1) is 20.5. The van der Waals surface area contributed by atoms with Gasteiger partial charge in [-0.15, -0.1) is 0 Å². The highest BCUT2D eigenvalue weighted by molar-refractivity contribution is 7.90. The molecule has 0 aliphatic carbocycles. The zero-order chi connectivity index (χ0) is 30.9. The van der Waals surface area contributed by atoms with Gasteiger partial charge in [-0.3, -0.25) is 4.79 Å². The molecule has 1 aromatic carbocycles. The number of likely N-dealkylation sites (N-methyl/N-ethyl adjacent to an activating group) is 1. The first kappa shape index (κ1) is 30.7. The highest BCUT2D eigenvalue weighted by Crippen LogP contribution is 2.33. The van der Waals surface area contributed by atoms with Crippen LogP contribution in [0.3, 0.4) is 0 Å². The molecule has 0 spiro atoms. The molecule has 5 rings (SSSR count). The zero-order valence-electron chi connectivity index (χ0n) is 24.5. The average Bonchev–Trinajstić information content (AvgIpc) is 3.40. The van der Waals surface area contributed by atoms with Gasteiger partial charge >= 0.3 is 0 Å². The third-order valence-electron chi connectivity index (χ3n) is 7.77. The largest absolute Gasteiger partial charge is 0.357 e.